The van der Waals surface area contributed by atoms with Gasteiger partial charge in [0.05, 0.1) is 19.8 Å². The van der Waals surface area contributed by atoms with Crippen LogP contribution < -0.4 is 5.32 Å². The Morgan fingerprint density at radius 2 is 1.80 bits per heavy atom. The van der Waals surface area contributed by atoms with Crippen molar-refractivity contribution in [2.45, 2.75) is 43.6 Å². The Morgan fingerprint density at radius 3 is 2.48 bits per heavy atom. The first-order chi connectivity index (χ1) is 12.3. The predicted molar refractivity (Wildman–Crippen MR) is 94.7 cm³/mol. The minimum atomic E-state index is -0.374. The van der Waals surface area contributed by atoms with Crippen molar-refractivity contribution in [3.63, 3.8) is 0 Å². The maximum Gasteiger partial charge on any atom is 0.168 e. The van der Waals surface area contributed by atoms with E-state index in [2.05, 4.69) is 58.3 Å². The van der Waals surface area contributed by atoms with Gasteiger partial charge in [-0.15, -0.1) is 0 Å². The van der Waals surface area contributed by atoms with Gasteiger partial charge in [0, 0.05) is 25.6 Å². The molecule has 1 saturated heterocycles. The normalized spacial score (nSPS) is 24.1. The van der Waals surface area contributed by atoms with E-state index < -0.39 is 0 Å². The maximum atomic E-state index is 5.90. The molecule has 2 fully saturated rings. The van der Waals surface area contributed by atoms with Crippen LogP contribution in [0, 0.1) is 0 Å². The van der Waals surface area contributed by atoms with Gasteiger partial charge in [-0.05, 0) is 30.9 Å². The van der Waals surface area contributed by atoms with Gasteiger partial charge in [0.15, 0.2) is 5.79 Å². The van der Waals surface area contributed by atoms with Gasteiger partial charge in [-0.3, -0.25) is 5.32 Å². The van der Waals surface area contributed by atoms with Gasteiger partial charge in [-0.25, -0.2) is 5.01 Å². The number of nitrogens with zero attached hydrogens (tertiary/aromatic N) is 3. The van der Waals surface area contributed by atoms with E-state index >= 15 is 0 Å². The average molecular weight is 342 g/mol. The van der Waals surface area contributed by atoms with Crippen LogP contribution in [0.4, 0.5) is 0 Å². The van der Waals surface area contributed by atoms with E-state index in [4.69, 9.17) is 9.47 Å². The molecule has 0 aromatic heterocycles. The summed E-state index contributed by atoms with van der Waals surface area (Å²) in [5, 5.41) is 14.4. The van der Waals surface area contributed by atoms with Crippen LogP contribution in [0.2, 0.25) is 0 Å². The van der Waals surface area contributed by atoms with E-state index in [1.54, 1.807) is 0 Å². The summed E-state index contributed by atoms with van der Waals surface area (Å²) in [6.07, 6.45) is 8.71. The summed E-state index contributed by atoms with van der Waals surface area (Å²) in [4.78, 5) is 0. The van der Waals surface area contributed by atoms with Crippen LogP contribution in [-0.4, -0.2) is 42.8 Å². The van der Waals surface area contributed by atoms with E-state index in [1.807, 2.05) is 5.01 Å². The first-order valence-corrected chi connectivity index (χ1v) is 9.21. The SMILES string of the molecule is C1=CN(C2(NCCc3ccccc3)CCC3(CC2)OCCO3)N=NC1. The largest absolute Gasteiger partial charge is 0.348 e. The monoisotopic (exact) mass is 342 g/mol. The molecule has 0 amide bonds. The summed E-state index contributed by atoms with van der Waals surface area (Å²) >= 11 is 0. The molecule has 1 aromatic carbocycles. The molecule has 4 rings (SSSR count). The molecular weight excluding hydrogens is 316 g/mol. The summed E-state index contributed by atoms with van der Waals surface area (Å²) in [7, 11) is 0. The van der Waals surface area contributed by atoms with Crippen molar-refractivity contribution in [3.8, 4) is 0 Å². The van der Waals surface area contributed by atoms with Crippen LogP contribution in [0.15, 0.2) is 52.9 Å². The molecule has 1 N–H and O–H groups in total. The Labute approximate surface area is 148 Å². The van der Waals surface area contributed by atoms with Crippen molar-refractivity contribution in [3.05, 3.63) is 48.2 Å². The van der Waals surface area contributed by atoms with Gasteiger partial charge < -0.3 is 9.47 Å². The van der Waals surface area contributed by atoms with Crippen LogP contribution in [0.25, 0.3) is 0 Å². The van der Waals surface area contributed by atoms with Gasteiger partial charge in [-0.2, -0.15) is 5.11 Å². The van der Waals surface area contributed by atoms with Gasteiger partial charge >= 0.3 is 0 Å². The van der Waals surface area contributed by atoms with Crippen molar-refractivity contribution in [1.82, 2.24) is 10.3 Å². The molecule has 0 atom stereocenters. The van der Waals surface area contributed by atoms with Crippen molar-refractivity contribution in [2.75, 3.05) is 26.3 Å². The first kappa shape index (κ1) is 16.7. The summed E-state index contributed by atoms with van der Waals surface area (Å²) in [6, 6.07) is 10.6. The summed E-state index contributed by atoms with van der Waals surface area (Å²) < 4.78 is 11.8. The third-order valence-electron chi connectivity index (χ3n) is 5.39. The fourth-order valence-corrected chi connectivity index (χ4v) is 3.96. The summed E-state index contributed by atoms with van der Waals surface area (Å²) in [5.41, 5.74) is 1.13. The van der Waals surface area contributed by atoms with Crippen LogP contribution >= 0.6 is 0 Å². The highest BCUT2D eigenvalue weighted by Crippen LogP contribution is 2.42. The Morgan fingerprint density at radius 1 is 1.04 bits per heavy atom. The predicted octanol–water partition coefficient (Wildman–Crippen LogP) is 3.03. The zero-order valence-corrected chi connectivity index (χ0v) is 14.6. The highest BCUT2D eigenvalue weighted by atomic mass is 16.7. The Bertz CT molecular complexity index is 604. The van der Waals surface area contributed by atoms with E-state index in [0.29, 0.717) is 19.8 Å². The zero-order valence-electron chi connectivity index (χ0n) is 14.6. The average Bonchev–Trinajstić information content (AvgIpc) is 3.14. The molecule has 0 unspecified atom stereocenters. The quantitative estimate of drug-likeness (QED) is 0.893. The van der Waals surface area contributed by atoms with Crippen LogP contribution in [0.1, 0.15) is 31.2 Å². The van der Waals surface area contributed by atoms with E-state index in [0.717, 1.165) is 38.6 Å². The lowest BCUT2D eigenvalue weighted by atomic mass is 9.84. The topological polar surface area (TPSA) is 58.5 Å². The molecule has 1 aromatic rings. The number of nitrogens with one attached hydrogen (secondary N) is 1. The third-order valence-corrected chi connectivity index (χ3v) is 5.39. The van der Waals surface area contributed by atoms with Crippen LogP contribution in [-0.2, 0) is 15.9 Å². The van der Waals surface area contributed by atoms with E-state index in [-0.39, 0.29) is 11.4 Å². The molecular formula is C19H26N4O2. The van der Waals surface area contributed by atoms with Crippen molar-refractivity contribution < 1.29 is 9.47 Å². The number of benzene rings is 1. The van der Waals surface area contributed by atoms with Gasteiger partial charge in [0.2, 0.25) is 0 Å². The lowest BCUT2D eigenvalue weighted by Gasteiger charge is -2.47. The minimum absolute atomic E-state index is 0.213. The summed E-state index contributed by atoms with van der Waals surface area (Å²) in [6.45, 7) is 2.97. The molecule has 6 heteroatoms. The fourth-order valence-electron chi connectivity index (χ4n) is 3.96. The number of rotatable bonds is 5. The fraction of sp³-hybridized carbons (Fsp3) is 0.579. The molecule has 6 nitrogen and oxygen atoms in total. The van der Waals surface area contributed by atoms with Gasteiger partial charge in [-0.1, -0.05) is 35.6 Å². The second-order valence-electron chi connectivity index (χ2n) is 6.94. The van der Waals surface area contributed by atoms with Crippen molar-refractivity contribution >= 4 is 0 Å². The summed E-state index contributed by atoms with van der Waals surface area (Å²) in [5.74, 6) is -0.374. The van der Waals surface area contributed by atoms with Gasteiger partial charge in [0.1, 0.15) is 5.66 Å². The molecule has 2 heterocycles. The lowest BCUT2D eigenvalue weighted by molar-refractivity contribution is -0.195. The van der Waals surface area contributed by atoms with E-state index in [9.17, 15) is 0 Å². The molecule has 25 heavy (non-hydrogen) atoms. The van der Waals surface area contributed by atoms with E-state index in [1.165, 1.54) is 5.56 Å². The minimum Gasteiger partial charge on any atom is -0.348 e. The second-order valence-corrected chi connectivity index (χ2v) is 6.94. The van der Waals surface area contributed by atoms with Crippen LogP contribution in [0.3, 0.4) is 0 Å². The van der Waals surface area contributed by atoms with Crippen LogP contribution in [0.5, 0.6) is 0 Å². The third kappa shape index (κ3) is 3.61. The van der Waals surface area contributed by atoms with Crippen molar-refractivity contribution in [2.24, 2.45) is 10.3 Å². The Hall–Kier alpha value is -1.76. The first-order valence-electron chi connectivity index (χ1n) is 9.21. The number of ether oxygens (including phenoxy) is 2. The molecule has 0 radical (unpaired) electrons. The number of hydrogen-bond donors (Lipinski definition) is 1. The molecule has 134 valence electrons. The Balaban J connectivity index is 1.44. The maximum absolute atomic E-state index is 5.90. The highest BCUT2D eigenvalue weighted by molar-refractivity contribution is 5.15. The van der Waals surface area contributed by atoms with Gasteiger partial charge in [0.25, 0.3) is 0 Å². The Kier molecular flexibility index (Phi) is 4.83. The molecule has 0 bridgehead atoms. The smallest absolute Gasteiger partial charge is 0.168 e. The second kappa shape index (κ2) is 7.23. The molecule has 1 saturated carbocycles. The number of hydrogen-bond acceptors (Lipinski definition) is 6. The molecule has 3 aliphatic rings. The zero-order chi connectivity index (χ0) is 17.0. The standard InChI is InChI=1S/C19H26N4O2/c1-2-5-17(6-3-1)7-13-20-18(23-14-4-12-21-22-23)8-10-19(11-9-18)24-15-16-25-19/h1-6,14,20H,7-13,15-16H2. The highest BCUT2D eigenvalue weighted by Gasteiger charge is 2.48. The van der Waals surface area contributed by atoms with Crippen molar-refractivity contribution in [1.29, 1.82) is 0 Å². The molecule has 2 aliphatic heterocycles. The lowest BCUT2D eigenvalue weighted by Crippen LogP contribution is -2.60. The molecule has 1 aliphatic carbocycles. The molecule has 1 spiro atoms.